The highest BCUT2D eigenvalue weighted by molar-refractivity contribution is 9.10. The minimum atomic E-state index is 0.218. The van der Waals surface area contributed by atoms with E-state index in [-0.39, 0.29) is 6.10 Å². The van der Waals surface area contributed by atoms with Crippen LogP contribution in [0.3, 0.4) is 0 Å². The average molecular weight is 341 g/mol. The fraction of sp³-hybridized carbons (Fsp3) is 0.625. The molecular weight excluding hydrogens is 316 g/mol. The molecule has 1 heterocycles. The number of aryl methyl sites for hydroxylation is 1. The number of ether oxygens (including phenoxy) is 1. The Morgan fingerprint density at radius 2 is 2.25 bits per heavy atom. The highest BCUT2D eigenvalue weighted by atomic mass is 79.9. The van der Waals surface area contributed by atoms with E-state index in [9.17, 15) is 0 Å². The van der Waals surface area contributed by atoms with E-state index in [0.29, 0.717) is 6.04 Å². The molecule has 4 heteroatoms. The lowest BCUT2D eigenvalue weighted by molar-refractivity contribution is -0.0612. The van der Waals surface area contributed by atoms with E-state index in [1.165, 1.54) is 15.6 Å². The Morgan fingerprint density at radius 1 is 1.45 bits per heavy atom. The van der Waals surface area contributed by atoms with Crippen LogP contribution < -0.4 is 5.32 Å². The number of morpholine rings is 1. The SMILES string of the molecule is CCCNCC1OCCN(C)C1c1ccc(C)c(Br)c1. The third-order valence-electron chi connectivity index (χ3n) is 3.91. The standard InChI is InChI=1S/C16H25BrN2O/c1-4-7-18-11-15-16(19(3)8-9-20-15)13-6-5-12(2)14(17)10-13/h5-6,10,15-16,18H,4,7-9,11H2,1-3H3. The Bertz CT molecular complexity index is 438. The van der Waals surface area contributed by atoms with Crippen LogP contribution in [0.4, 0.5) is 0 Å². The predicted molar refractivity (Wildman–Crippen MR) is 87.2 cm³/mol. The predicted octanol–water partition coefficient (Wildman–Crippen LogP) is 3.13. The molecule has 1 aromatic carbocycles. The van der Waals surface area contributed by atoms with Gasteiger partial charge < -0.3 is 10.1 Å². The van der Waals surface area contributed by atoms with Crippen molar-refractivity contribution >= 4 is 15.9 Å². The maximum Gasteiger partial charge on any atom is 0.0896 e. The molecule has 2 unspecified atom stereocenters. The Balaban J connectivity index is 2.15. The monoisotopic (exact) mass is 340 g/mol. The number of benzene rings is 1. The van der Waals surface area contributed by atoms with Gasteiger partial charge >= 0.3 is 0 Å². The molecular formula is C16H25BrN2O. The van der Waals surface area contributed by atoms with E-state index in [1.807, 2.05) is 0 Å². The number of hydrogen-bond acceptors (Lipinski definition) is 3. The van der Waals surface area contributed by atoms with Crippen LogP contribution in [0.1, 0.15) is 30.5 Å². The van der Waals surface area contributed by atoms with Gasteiger partial charge in [-0.15, -0.1) is 0 Å². The van der Waals surface area contributed by atoms with Crippen LogP contribution in [0, 0.1) is 6.92 Å². The Labute approximate surface area is 130 Å². The molecule has 20 heavy (non-hydrogen) atoms. The molecule has 2 rings (SSSR count). The van der Waals surface area contributed by atoms with Crippen LogP contribution in [-0.2, 0) is 4.74 Å². The summed E-state index contributed by atoms with van der Waals surface area (Å²) < 4.78 is 7.19. The average Bonchev–Trinajstić information content (AvgIpc) is 2.43. The third kappa shape index (κ3) is 3.82. The second-order valence-corrected chi connectivity index (χ2v) is 6.40. The molecule has 0 saturated carbocycles. The first-order chi connectivity index (χ1) is 9.63. The topological polar surface area (TPSA) is 24.5 Å². The van der Waals surface area contributed by atoms with Gasteiger partial charge in [0.25, 0.3) is 0 Å². The zero-order valence-corrected chi connectivity index (χ0v) is 14.2. The summed E-state index contributed by atoms with van der Waals surface area (Å²) in [7, 11) is 2.19. The van der Waals surface area contributed by atoms with Crippen LogP contribution >= 0.6 is 15.9 Å². The third-order valence-corrected chi connectivity index (χ3v) is 4.77. The summed E-state index contributed by atoms with van der Waals surface area (Å²) >= 11 is 3.64. The molecule has 1 N–H and O–H groups in total. The second-order valence-electron chi connectivity index (χ2n) is 5.55. The summed E-state index contributed by atoms with van der Waals surface area (Å²) in [5, 5.41) is 3.49. The molecule has 0 aromatic heterocycles. The number of rotatable bonds is 5. The van der Waals surface area contributed by atoms with Gasteiger partial charge in [0.15, 0.2) is 0 Å². The molecule has 112 valence electrons. The van der Waals surface area contributed by atoms with Gasteiger partial charge in [0.05, 0.1) is 18.8 Å². The van der Waals surface area contributed by atoms with Crippen molar-refractivity contribution in [3.63, 3.8) is 0 Å². The molecule has 1 aromatic rings. The Morgan fingerprint density at radius 3 is 2.95 bits per heavy atom. The molecule has 2 atom stereocenters. The molecule has 0 amide bonds. The summed E-state index contributed by atoms with van der Waals surface area (Å²) in [5.74, 6) is 0. The molecule has 1 saturated heterocycles. The van der Waals surface area contributed by atoms with Crippen molar-refractivity contribution in [2.24, 2.45) is 0 Å². The summed E-state index contributed by atoms with van der Waals surface area (Å²) in [6.45, 7) is 8.08. The number of hydrogen-bond donors (Lipinski definition) is 1. The highest BCUT2D eigenvalue weighted by Crippen LogP contribution is 2.30. The maximum atomic E-state index is 6.01. The van der Waals surface area contributed by atoms with Gasteiger partial charge in [-0.2, -0.15) is 0 Å². The summed E-state index contributed by atoms with van der Waals surface area (Å²) in [6.07, 6.45) is 1.37. The van der Waals surface area contributed by atoms with Crippen molar-refractivity contribution < 1.29 is 4.74 Å². The van der Waals surface area contributed by atoms with Gasteiger partial charge in [0, 0.05) is 17.6 Å². The molecule has 3 nitrogen and oxygen atoms in total. The second kappa shape index (κ2) is 7.55. The van der Waals surface area contributed by atoms with Crippen molar-refractivity contribution in [2.75, 3.05) is 33.3 Å². The van der Waals surface area contributed by atoms with Gasteiger partial charge in [0.1, 0.15) is 0 Å². The molecule has 1 fully saturated rings. The zero-order valence-electron chi connectivity index (χ0n) is 12.7. The first-order valence-corrected chi connectivity index (χ1v) is 8.21. The molecule has 0 bridgehead atoms. The van der Waals surface area contributed by atoms with Gasteiger partial charge in [-0.05, 0) is 44.1 Å². The van der Waals surface area contributed by atoms with Crippen molar-refractivity contribution in [3.05, 3.63) is 33.8 Å². The van der Waals surface area contributed by atoms with E-state index < -0.39 is 0 Å². The van der Waals surface area contributed by atoms with Crippen molar-refractivity contribution in [3.8, 4) is 0 Å². The van der Waals surface area contributed by atoms with E-state index >= 15 is 0 Å². The molecule has 0 radical (unpaired) electrons. The summed E-state index contributed by atoms with van der Waals surface area (Å²) in [5.41, 5.74) is 2.60. The molecule has 1 aliphatic heterocycles. The first-order valence-electron chi connectivity index (χ1n) is 7.42. The smallest absolute Gasteiger partial charge is 0.0896 e. The molecule has 0 aliphatic carbocycles. The van der Waals surface area contributed by atoms with E-state index in [1.54, 1.807) is 0 Å². The summed E-state index contributed by atoms with van der Waals surface area (Å²) in [4.78, 5) is 2.40. The normalized spacial score (nSPS) is 24.0. The van der Waals surface area contributed by atoms with Crippen molar-refractivity contribution in [2.45, 2.75) is 32.4 Å². The highest BCUT2D eigenvalue weighted by Gasteiger charge is 2.31. The maximum absolute atomic E-state index is 6.01. The van der Waals surface area contributed by atoms with E-state index in [4.69, 9.17) is 4.74 Å². The fourth-order valence-electron chi connectivity index (χ4n) is 2.72. The van der Waals surface area contributed by atoms with Crippen LogP contribution in [0.15, 0.2) is 22.7 Å². The first kappa shape index (κ1) is 16.0. The van der Waals surface area contributed by atoms with Crippen molar-refractivity contribution in [1.29, 1.82) is 0 Å². The molecule has 0 spiro atoms. The number of halogens is 1. The van der Waals surface area contributed by atoms with E-state index in [2.05, 4.69) is 65.2 Å². The largest absolute Gasteiger partial charge is 0.374 e. The Hall–Kier alpha value is -0.420. The van der Waals surface area contributed by atoms with Gasteiger partial charge in [-0.3, -0.25) is 4.90 Å². The number of nitrogens with one attached hydrogen (secondary N) is 1. The van der Waals surface area contributed by atoms with Gasteiger partial charge in [0.2, 0.25) is 0 Å². The fourth-order valence-corrected chi connectivity index (χ4v) is 3.11. The lowest BCUT2D eigenvalue weighted by atomic mass is 9.97. The minimum Gasteiger partial charge on any atom is -0.374 e. The van der Waals surface area contributed by atoms with E-state index in [0.717, 1.165) is 32.7 Å². The van der Waals surface area contributed by atoms with Crippen LogP contribution in [0.25, 0.3) is 0 Å². The number of likely N-dealkylation sites (N-methyl/N-ethyl adjacent to an activating group) is 1. The van der Waals surface area contributed by atoms with Gasteiger partial charge in [-0.25, -0.2) is 0 Å². The number of nitrogens with zero attached hydrogens (tertiary/aromatic N) is 1. The lowest BCUT2D eigenvalue weighted by Gasteiger charge is -2.39. The molecule has 1 aliphatic rings. The summed E-state index contributed by atoms with van der Waals surface area (Å²) in [6, 6.07) is 6.96. The van der Waals surface area contributed by atoms with Crippen molar-refractivity contribution in [1.82, 2.24) is 10.2 Å². The van der Waals surface area contributed by atoms with Crippen LogP contribution in [0.5, 0.6) is 0 Å². The van der Waals surface area contributed by atoms with Gasteiger partial charge in [-0.1, -0.05) is 35.0 Å². The zero-order chi connectivity index (χ0) is 14.5. The minimum absolute atomic E-state index is 0.218. The Kier molecular flexibility index (Phi) is 6.02. The van der Waals surface area contributed by atoms with Crippen LogP contribution in [0.2, 0.25) is 0 Å². The quantitative estimate of drug-likeness (QED) is 0.833. The lowest BCUT2D eigenvalue weighted by Crippen LogP contribution is -2.47. The van der Waals surface area contributed by atoms with Crippen LogP contribution in [-0.4, -0.2) is 44.3 Å².